The minimum atomic E-state index is 0. The predicted octanol–water partition coefficient (Wildman–Crippen LogP) is 3.97. The van der Waals surface area contributed by atoms with Crippen LogP contribution in [0.1, 0.15) is 24.0 Å². The lowest BCUT2D eigenvalue weighted by Gasteiger charge is -2.13. The van der Waals surface area contributed by atoms with Gasteiger partial charge in [-0.05, 0) is 61.7 Å². The Kier molecular flexibility index (Phi) is 8.98. The van der Waals surface area contributed by atoms with E-state index in [2.05, 4.69) is 17.4 Å². The zero-order chi connectivity index (χ0) is 13.5. The van der Waals surface area contributed by atoms with Crippen LogP contribution in [0.4, 0.5) is 0 Å². The monoisotopic (exact) mass is 335 g/mol. The topological polar surface area (TPSA) is 21.3 Å². The Morgan fingerprint density at radius 2 is 2.05 bits per heavy atom. The van der Waals surface area contributed by atoms with Crippen LogP contribution in [0.5, 0.6) is 0 Å². The second-order valence-electron chi connectivity index (χ2n) is 4.81. The molecular formula is C15H23Cl2NOS. The maximum absolute atomic E-state index is 6.39. The van der Waals surface area contributed by atoms with Crippen molar-refractivity contribution in [2.45, 2.75) is 30.6 Å². The van der Waals surface area contributed by atoms with Gasteiger partial charge in [-0.2, -0.15) is 0 Å². The van der Waals surface area contributed by atoms with Gasteiger partial charge in [0.05, 0.1) is 5.02 Å². The zero-order valence-corrected chi connectivity index (χ0v) is 14.3. The molecule has 1 aliphatic heterocycles. The number of hydrogen-bond donors (Lipinski definition) is 1. The highest BCUT2D eigenvalue weighted by Crippen LogP contribution is 2.34. The molecule has 1 heterocycles. The summed E-state index contributed by atoms with van der Waals surface area (Å²) in [5, 5.41) is 4.37. The lowest BCUT2D eigenvalue weighted by molar-refractivity contribution is 0.194. The van der Waals surface area contributed by atoms with Gasteiger partial charge >= 0.3 is 0 Å². The molecular weight excluding hydrogens is 313 g/mol. The number of hydrogen-bond acceptors (Lipinski definition) is 3. The van der Waals surface area contributed by atoms with Crippen molar-refractivity contribution >= 4 is 35.8 Å². The van der Waals surface area contributed by atoms with Gasteiger partial charge in [0.15, 0.2) is 0 Å². The molecule has 0 spiro atoms. The van der Waals surface area contributed by atoms with E-state index in [0.29, 0.717) is 0 Å². The van der Waals surface area contributed by atoms with Crippen LogP contribution < -0.4 is 5.32 Å². The first-order valence-corrected chi connectivity index (χ1v) is 8.32. The van der Waals surface area contributed by atoms with Crippen LogP contribution >= 0.6 is 35.8 Å². The van der Waals surface area contributed by atoms with Gasteiger partial charge in [0, 0.05) is 18.6 Å². The van der Waals surface area contributed by atoms with E-state index in [0.717, 1.165) is 49.7 Å². The van der Waals surface area contributed by atoms with Crippen LogP contribution in [-0.4, -0.2) is 32.6 Å². The highest BCUT2D eigenvalue weighted by atomic mass is 35.5. The summed E-state index contributed by atoms with van der Waals surface area (Å²) < 4.78 is 5.08. The first-order chi connectivity index (χ1) is 9.33. The second kappa shape index (κ2) is 9.91. The third-order valence-corrected chi connectivity index (χ3v) is 5.10. The second-order valence-corrected chi connectivity index (χ2v) is 6.32. The van der Waals surface area contributed by atoms with Crippen molar-refractivity contribution < 1.29 is 4.74 Å². The molecule has 0 amide bonds. The Morgan fingerprint density at radius 1 is 1.25 bits per heavy atom. The number of rotatable bonds is 6. The molecule has 0 bridgehead atoms. The molecule has 114 valence electrons. The van der Waals surface area contributed by atoms with Crippen LogP contribution in [-0.2, 0) is 17.6 Å². The maximum Gasteiger partial charge on any atom is 0.0544 e. The third-order valence-electron chi connectivity index (χ3n) is 3.42. The first-order valence-electron chi connectivity index (χ1n) is 6.95. The van der Waals surface area contributed by atoms with Gasteiger partial charge in [-0.3, -0.25) is 0 Å². The summed E-state index contributed by atoms with van der Waals surface area (Å²) in [7, 11) is 1.76. The Morgan fingerprint density at radius 3 is 2.85 bits per heavy atom. The number of methoxy groups -OCH3 is 1. The summed E-state index contributed by atoms with van der Waals surface area (Å²) in [6, 6.07) is 4.25. The van der Waals surface area contributed by atoms with E-state index >= 15 is 0 Å². The SMILES string of the molecule is COCCCCSc1c(Cl)ccc2c1CCNCC2.Cl. The Hall–Kier alpha value is 0.0700. The van der Waals surface area contributed by atoms with Crippen molar-refractivity contribution in [1.82, 2.24) is 5.32 Å². The largest absolute Gasteiger partial charge is 0.385 e. The van der Waals surface area contributed by atoms with Crippen molar-refractivity contribution in [2.75, 3.05) is 32.6 Å². The number of benzene rings is 1. The molecule has 1 aromatic carbocycles. The van der Waals surface area contributed by atoms with Crippen LogP contribution in [0.25, 0.3) is 0 Å². The number of fused-ring (bicyclic) bond motifs is 1. The molecule has 0 aromatic heterocycles. The van der Waals surface area contributed by atoms with Crippen LogP contribution in [0.3, 0.4) is 0 Å². The van der Waals surface area contributed by atoms with Crippen LogP contribution in [0.2, 0.25) is 5.02 Å². The van der Waals surface area contributed by atoms with E-state index in [1.807, 2.05) is 11.8 Å². The molecule has 0 radical (unpaired) electrons. The predicted molar refractivity (Wildman–Crippen MR) is 90.8 cm³/mol. The number of thioether (sulfide) groups is 1. The lowest BCUT2D eigenvalue weighted by Crippen LogP contribution is -2.16. The van der Waals surface area contributed by atoms with Gasteiger partial charge in [0.25, 0.3) is 0 Å². The zero-order valence-electron chi connectivity index (χ0n) is 11.9. The molecule has 0 unspecified atom stereocenters. The molecule has 0 aliphatic carbocycles. The van der Waals surface area contributed by atoms with Crippen LogP contribution in [0, 0.1) is 0 Å². The van der Waals surface area contributed by atoms with E-state index in [4.69, 9.17) is 16.3 Å². The molecule has 2 rings (SSSR count). The Labute approximate surface area is 137 Å². The maximum atomic E-state index is 6.39. The molecule has 0 saturated heterocycles. The number of nitrogens with one attached hydrogen (secondary N) is 1. The average Bonchev–Trinajstić information content (AvgIpc) is 2.66. The Bertz CT molecular complexity index is 415. The normalized spacial score (nSPS) is 14.3. The molecule has 1 N–H and O–H groups in total. The molecule has 20 heavy (non-hydrogen) atoms. The van der Waals surface area contributed by atoms with Gasteiger partial charge in [-0.15, -0.1) is 24.2 Å². The summed E-state index contributed by atoms with van der Waals surface area (Å²) in [6.45, 7) is 2.99. The average molecular weight is 336 g/mol. The quantitative estimate of drug-likeness (QED) is 0.627. The van der Waals surface area contributed by atoms with E-state index in [1.165, 1.54) is 22.4 Å². The van der Waals surface area contributed by atoms with E-state index < -0.39 is 0 Å². The first kappa shape index (κ1) is 18.1. The molecule has 0 atom stereocenters. The van der Waals surface area contributed by atoms with Crippen molar-refractivity contribution in [1.29, 1.82) is 0 Å². The van der Waals surface area contributed by atoms with Crippen molar-refractivity contribution in [3.05, 3.63) is 28.3 Å². The smallest absolute Gasteiger partial charge is 0.0544 e. The minimum absolute atomic E-state index is 0. The Balaban J connectivity index is 0.00000200. The third kappa shape index (κ3) is 5.12. The van der Waals surface area contributed by atoms with Gasteiger partial charge in [0.1, 0.15) is 0 Å². The summed E-state index contributed by atoms with van der Waals surface area (Å²) in [4.78, 5) is 1.31. The minimum Gasteiger partial charge on any atom is -0.385 e. The standard InChI is InChI=1S/C15H22ClNOS.ClH/c1-18-10-2-3-11-19-15-13-7-9-17-8-6-12(13)4-5-14(15)16;/h4-5,17H,2-3,6-11H2,1H3;1H. The number of ether oxygens (including phenoxy) is 1. The van der Waals surface area contributed by atoms with Gasteiger partial charge in [0.2, 0.25) is 0 Å². The number of unbranched alkanes of at least 4 members (excludes halogenated alkanes) is 1. The highest BCUT2D eigenvalue weighted by molar-refractivity contribution is 7.99. The molecule has 0 fully saturated rings. The molecule has 2 nitrogen and oxygen atoms in total. The van der Waals surface area contributed by atoms with Crippen molar-refractivity contribution in [2.24, 2.45) is 0 Å². The number of halogens is 2. The van der Waals surface area contributed by atoms with E-state index in [9.17, 15) is 0 Å². The van der Waals surface area contributed by atoms with Gasteiger partial charge < -0.3 is 10.1 Å². The van der Waals surface area contributed by atoms with Gasteiger partial charge in [-0.25, -0.2) is 0 Å². The fourth-order valence-electron chi connectivity index (χ4n) is 2.39. The van der Waals surface area contributed by atoms with Crippen LogP contribution in [0.15, 0.2) is 17.0 Å². The highest BCUT2D eigenvalue weighted by Gasteiger charge is 2.14. The summed E-state index contributed by atoms with van der Waals surface area (Å²) in [5.74, 6) is 1.12. The molecule has 1 aliphatic rings. The summed E-state index contributed by atoms with van der Waals surface area (Å²) >= 11 is 8.29. The fraction of sp³-hybridized carbons (Fsp3) is 0.600. The molecule has 0 saturated carbocycles. The molecule has 5 heteroatoms. The van der Waals surface area contributed by atoms with E-state index in [1.54, 1.807) is 7.11 Å². The van der Waals surface area contributed by atoms with Crippen molar-refractivity contribution in [3.8, 4) is 0 Å². The fourth-order valence-corrected chi connectivity index (χ4v) is 3.90. The van der Waals surface area contributed by atoms with Gasteiger partial charge in [-0.1, -0.05) is 17.7 Å². The summed E-state index contributed by atoms with van der Waals surface area (Å²) in [6.07, 6.45) is 4.51. The lowest BCUT2D eigenvalue weighted by atomic mass is 10.0. The molecule has 1 aromatic rings. The van der Waals surface area contributed by atoms with E-state index in [-0.39, 0.29) is 12.4 Å². The van der Waals surface area contributed by atoms with Crippen molar-refractivity contribution in [3.63, 3.8) is 0 Å². The summed E-state index contributed by atoms with van der Waals surface area (Å²) in [5.41, 5.74) is 2.93.